The molecule has 1 heterocycles. The third kappa shape index (κ3) is 19.1. The molecule has 2 atom stereocenters. The molecule has 3 aliphatic carbocycles. The third-order valence-electron chi connectivity index (χ3n) is 20.1. The maximum absolute atomic E-state index is 14.2. The summed E-state index contributed by atoms with van der Waals surface area (Å²) in [7, 11) is -0.762. The smallest absolute Gasteiger partial charge is 0.416 e. The topological polar surface area (TPSA) is 21.6 Å². The SMILES string of the molecule is Cc1cc(C)cc(P(c2cc(C)cc(C)c2)c2cccc3c2[C@@]2(CCc4cccc(C5=N[C@@H](Cc6ccccc6)CO5)c42)CC3)c1.FC(F)(F)c1cc([B-](c2cc(C(F)(F)F)cc(C(F)(F)F)c2)(c2cc(C(F)(F)F)cc(C(F)(F)F)c2)c2cc(C(F)(F)F)cc(C(F)(F)F)c2)cc(C(F)(F)F)c1.[CH]1[CH]CC[CH][CH]CC1.[Ir]. The van der Waals surface area contributed by atoms with Crippen LogP contribution in [0.3, 0.4) is 0 Å². The van der Waals surface area contributed by atoms with E-state index in [0.29, 0.717) is 6.61 Å². The van der Waals surface area contributed by atoms with Gasteiger partial charge >= 0.3 is 49.4 Å². The van der Waals surface area contributed by atoms with E-state index >= 15 is 0 Å². The first-order valence-electron chi connectivity index (χ1n) is 34.8. The van der Waals surface area contributed by atoms with Crippen molar-refractivity contribution in [1.82, 2.24) is 0 Å². The zero-order valence-electron chi connectivity index (χ0n) is 59.5. The summed E-state index contributed by atoms with van der Waals surface area (Å²) in [6.45, 7) is 9.63. The molecule has 0 amide bonds. The van der Waals surface area contributed by atoms with Gasteiger partial charge in [-0.3, -0.25) is 0 Å². The Bertz CT molecular complexity index is 4360. The molecule has 9 aromatic rings. The molecule has 0 bridgehead atoms. The molecule has 595 valence electrons. The van der Waals surface area contributed by atoms with Crippen molar-refractivity contribution >= 4 is 57.7 Å². The van der Waals surface area contributed by atoms with Gasteiger partial charge < -0.3 is 4.74 Å². The van der Waals surface area contributed by atoms with Gasteiger partial charge in [0, 0.05) is 31.1 Å². The largest absolute Gasteiger partial charge is 0.475 e. The van der Waals surface area contributed by atoms with Crippen molar-refractivity contribution in [2.24, 2.45) is 4.99 Å². The van der Waals surface area contributed by atoms with E-state index < -0.39 is 203 Å². The maximum atomic E-state index is 14.2. The van der Waals surface area contributed by atoms with Crippen molar-refractivity contribution in [3.05, 3.63) is 302 Å². The van der Waals surface area contributed by atoms with Crippen LogP contribution in [0.1, 0.15) is 139 Å². The normalized spacial score (nSPS) is 17.1. The summed E-state index contributed by atoms with van der Waals surface area (Å²) < 4.78 is 347. The minimum absolute atomic E-state index is 0. The molecule has 112 heavy (non-hydrogen) atoms. The fraction of sp³-hybridized carbons (Fsp3) is 0.289. The van der Waals surface area contributed by atoms with Crippen LogP contribution in [0.2, 0.25) is 0 Å². The number of aliphatic imine (C=N–C) groups is 1. The molecule has 2 nitrogen and oxygen atoms in total. The first-order valence-corrected chi connectivity index (χ1v) is 36.1. The number of halogens is 24. The fourth-order valence-corrected chi connectivity index (χ4v) is 18.6. The number of nitrogens with zero attached hydrogens (tertiary/aromatic N) is 1. The van der Waals surface area contributed by atoms with Gasteiger partial charge in [-0.05, 0) is 193 Å². The monoisotopic (exact) mass is 1780 g/mol. The molecule has 1 aliphatic heterocycles. The third-order valence-corrected chi connectivity index (χ3v) is 22.5. The molecule has 1 saturated carbocycles. The van der Waals surface area contributed by atoms with Gasteiger partial charge in [-0.15, -0.1) is 0 Å². The second kappa shape index (κ2) is 32.7. The van der Waals surface area contributed by atoms with Gasteiger partial charge in [0.05, 0.1) is 50.5 Å². The summed E-state index contributed by atoms with van der Waals surface area (Å²) in [5, 5.41) is 4.43. The maximum Gasteiger partial charge on any atom is 0.416 e. The van der Waals surface area contributed by atoms with Gasteiger partial charge in [0.25, 0.3) is 0 Å². The Labute approximate surface area is 644 Å². The minimum atomic E-state index is -6.13. The van der Waals surface area contributed by atoms with E-state index in [9.17, 15) is 105 Å². The number of hydrogen-bond donors (Lipinski definition) is 0. The molecule has 29 heteroatoms. The Morgan fingerprint density at radius 2 is 0.688 bits per heavy atom. The van der Waals surface area contributed by atoms with Gasteiger partial charge in [0.15, 0.2) is 0 Å². The van der Waals surface area contributed by atoms with Crippen molar-refractivity contribution in [1.29, 1.82) is 0 Å². The molecule has 13 rings (SSSR count). The molecule has 0 N–H and O–H groups in total. The first-order chi connectivity index (χ1) is 51.6. The van der Waals surface area contributed by atoms with Crippen molar-refractivity contribution < 1.29 is 130 Å². The van der Waals surface area contributed by atoms with Gasteiger partial charge in [-0.1, -0.05) is 168 Å². The standard InChI is InChI=1S/C43H42NOP.C32H12BF24.C8H12.Ir/c1-28-20-29(2)23-36(22-28)46(37-24-30(3)21-31(4)25-37)39-15-9-13-34-17-19-43(41(34)39)18-16-33-12-8-14-38(40(33)43)42-44-35(27-45-42)26-32-10-6-5-7-11-32;34-25(35,36)13-1-14(26(37,38)39)6-21(5-13)33(22-7-15(27(40,41)42)2-16(8-22)28(43,44)45,23-9-17(29(46,47)48)3-18(10-23)30(49,50)51)24-11-19(31(52,53)54)4-20(12-24)32(55,56)57;1-2-4-6-8-7-5-3-1;/h5-15,20-25,35H,16-19,26-27H2,1-4H3;1-12H;1-2,7-8H,3-6H2;/q;-1;;/t35-,43-;;;/m0.../s1. The quantitative estimate of drug-likeness (QED) is 0.0760. The second-order valence-electron chi connectivity index (χ2n) is 28.2. The average molecular weight is 1780 g/mol. The summed E-state index contributed by atoms with van der Waals surface area (Å²) in [5.74, 6) is 0.843. The number of hydrogen-bond acceptors (Lipinski definition) is 2. The average Bonchev–Trinajstić information content (AvgIpc) is 1.18. The molecular formula is C83H66BF24IrNOP-. The van der Waals surface area contributed by atoms with Gasteiger partial charge in [-0.25, -0.2) is 4.99 Å². The molecule has 1 fully saturated rings. The molecule has 0 saturated heterocycles. The van der Waals surface area contributed by atoms with Gasteiger partial charge in [-0.2, -0.15) is 127 Å². The molecule has 0 unspecified atom stereocenters. The van der Waals surface area contributed by atoms with E-state index in [1.807, 2.05) is 0 Å². The van der Waals surface area contributed by atoms with E-state index in [1.54, 1.807) is 5.56 Å². The summed E-state index contributed by atoms with van der Waals surface area (Å²) in [6, 6.07) is 30.5. The summed E-state index contributed by atoms with van der Waals surface area (Å²) >= 11 is 0. The van der Waals surface area contributed by atoms with E-state index in [-0.39, 0.29) is 31.6 Å². The number of alkyl halides is 24. The van der Waals surface area contributed by atoms with E-state index in [2.05, 4.69) is 157 Å². The van der Waals surface area contributed by atoms with Crippen molar-refractivity contribution in [3.8, 4) is 0 Å². The second-order valence-corrected chi connectivity index (χ2v) is 30.4. The Kier molecular flexibility index (Phi) is 25.2. The summed E-state index contributed by atoms with van der Waals surface area (Å²) in [6.07, 6.45) is -35.4. The Morgan fingerprint density at radius 3 is 1.01 bits per heavy atom. The summed E-state index contributed by atoms with van der Waals surface area (Å²) in [5.41, 5.74) is -16.3. The molecule has 4 aliphatic rings. The molecular weight excluding hydrogens is 1720 g/mol. The molecule has 9 aromatic carbocycles. The molecule has 1 spiro atoms. The van der Waals surface area contributed by atoms with Crippen LogP contribution in [0.4, 0.5) is 105 Å². The minimum Gasteiger partial charge on any atom is -0.475 e. The number of ether oxygens (including phenoxy) is 1. The van der Waals surface area contributed by atoms with Crippen LogP contribution in [0.25, 0.3) is 0 Å². The molecule has 0 aromatic heterocycles. The fourth-order valence-electron chi connectivity index (χ4n) is 15.6. The van der Waals surface area contributed by atoms with Crippen LogP contribution < -0.4 is 37.8 Å². The van der Waals surface area contributed by atoms with Crippen molar-refractivity contribution in [2.75, 3.05) is 6.61 Å². The first kappa shape index (κ1) is 86.3. The van der Waals surface area contributed by atoms with Crippen LogP contribution in [0, 0.1) is 53.4 Å². The zero-order valence-corrected chi connectivity index (χ0v) is 62.8. The van der Waals surface area contributed by atoms with Crippen LogP contribution in [0.15, 0.2) is 181 Å². The summed E-state index contributed by atoms with van der Waals surface area (Å²) in [4.78, 5) is 5.23. The van der Waals surface area contributed by atoms with E-state index in [1.165, 1.54) is 91.7 Å². The number of aryl methyl sites for hydroxylation is 6. The number of benzene rings is 9. The Morgan fingerprint density at radius 1 is 0.375 bits per heavy atom. The number of rotatable bonds is 10. The Balaban J connectivity index is 0.000000217. The van der Waals surface area contributed by atoms with Gasteiger partial charge in [0.1, 0.15) is 12.8 Å². The van der Waals surface area contributed by atoms with Crippen molar-refractivity contribution in [2.45, 2.75) is 146 Å². The Hall–Kier alpha value is -8.09. The predicted molar refractivity (Wildman–Crippen MR) is 380 cm³/mol. The van der Waals surface area contributed by atoms with Gasteiger partial charge in [0.2, 0.25) is 5.90 Å². The predicted octanol–water partition coefficient (Wildman–Crippen LogP) is 21.8. The van der Waals surface area contributed by atoms with E-state index in [4.69, 9.17) is 9.73 Å². The van der Waals surface area contributed by atoms with E-state index in [0.717, 1.165) is 38.0 Å². The van der Waals surface area contributed by atoms with Crippen LogP contribution in [-0.4, -0.2) is 24.7 Å². The number of fused-ring (bicyclic) bond motifs is 4. The zero-order chi connectivity index (χ0) is 81.0. The van der Waals surface area contributed by atoms with Crippen LogP contribution in [-0.2, 0) is 98.9 Å². The van der Waals surface area contributed by atoms with Crippen molar-refractivity contribution in [3.63, 3.8) is 0 Å². The van der Waals surface area contributed by atoms with Crippen LogP contribution >= 0.6 is 7.92 Å². The van der Waals surface area contributed by atoms with Crippen LogP contribution in [0.5, 0.6) is 0 Å². The molecule has 5 radical (unpaired) electrons.